The smallest absolute Gasteiger partial charge is 0.311 e. The molecule has 22 heavy (non-hydrogen) atoms. The van der Waals surface area contributed by atoms with E-state index in [1.807, 2.05) is 31.2 Å². The molecule has 2 rings (SSSR count). The highest BCUT2D eigenvalue weighted by atomic mass is 16.5. The van der Waals surface area contributed by atoms with Crippen molar-refractivity contribution in [3.05, 3.63) is 29.8 Å². The molecule has 1 amide bonds. The predicted molar refractivity (Wildman–Crippen MR) is 83.0 cm³/mol. The monoisotopic (exact) mass is 305 g/mol. The number of hydrogen-bond acceptors (Lipinski definition) is 3. The Morgan fingerprint density at radius 1 is 1.41 bits per heavy atom. The van der Waals surface area contributed by atoms with Gasteiger partial charge in [0.1, 0.15) is 5.75 Å². The number of benzene rings is 1. The number of likely N-dealkylation sites (tertiary alicyclic amines) is 1. The second-order valence-corrected chi connectivity index (χ2v) is 6.28. The van der Waals surface area contributed by atoms with Crippen LogP contribution in [0.2, 0.25) is 0 Å². The molecule has 1 aliphatic rings. The first-order chi connectivity index (χ1) is 10.4. The number of para-hydroxylation sites is 1. The van der Waals surface area contributed by atoms with Crippen LogP contribution in [0.1, 0.15) is 38.2 Å². The third-order valence-corrected chi connectivity index (χ3v) is 4.49. The van der Waals surface area contributed by atoms with Crippen molar-refractivity contribution in [2.24, 2.45) is 5.41 Å². The summed E-state index contributed by atoms with van der Waals surface area (Å²) in [6.07, 6.45) is 0.868. The Morgan fingerprint density at radius 3 is 2.68 bits per heavy atom. The molecule has 0 saturated carbocycles. The van der Waals surface area contributed by atoms with Gasteiger partial charge in [-0.2, -0.15) is 0 Å². The minimum Gasteiger partial charge on any atom is -0.496 e. The molecule has 0 aromatic heterocycles. The number of nitrogens with zero attached hydrogens (tertiary/aromatic N) is 1. The van der Waals surface area contributed by atoms with Gasteiger partial charge in [-0.1, -0.05) is 25.1 Å². The van der Waals surface area contributed by atoms with E-state index in [0.29, 0.717) is 25.9 Å². The van der Waals surface area contributed by atoms with Gasteiger partial charge in [0.2, 0.25) is 5.91 Å². The number of aliphatic carboxylic acids is 1. The highest BCUT2D eigenvalue weighted by molar-refractivity contribution is 5.81. The number of amides is 1. The minimum atomic E-state index is -0.833. The molecular formula is C17H23NO4. The van der Waals surface area contributed by atoms with Gasteiger partial charge in [-0.05, 0) is 30.9 Å². The highest BCUT2D eigenvalue weighted by Crippen LogP contribution is 2.33. The van der Waals surface area contributed by atoms with Crippen LogP contribution >= 0.6 is 0 Å². The Balaban J connectivity index is 2.02. The van der Waals surface area contributed by atoms with Crippen molar-refractivity contribution in [2.45, 2.75) is 32.6 Å². The summed E-state index contributed by atoms with van der Waals surface area (Å²) < 4.78 is 5.34. The fraction of sp³-hybridized carbons (Fsp3) is 0.529. The van der Waals surface area contributed by atoms with Crippen LogP contribution in [-0.2, 0) is 9.59 Å². The van der Waals surface area contributed by atoms with Gasteiger partial charge in [0.05, 0.1) is 12.5 Å². The lowest BCUT2D eigenvalue weighted by molar-refractivity contribution is -0.147. The first kappa shape index (κ1) is 16.3. The molecule has 1 aliphatic heterocycles. The quantitative estimate of drug-likeness (QED) is 0.907. The van der Waals surface area contributed by atoms with E-state index in [9.17, 15) is 14.7 Å². The molecule has 1 N–H and O–H groups in total. The second kappa shape index (κ2) is 6.38. The number of methoxy groups -OCH3 is 1. The van der Waals surface area contributed by atoms with Crippen molar-refractivity contribution in [1.29, 1.82) is 0 Å². The molecule has 0 bridgehead atoms. The summed E-state index contributed by atoms with van der Waals surface area (Å²) in [5.41, 5.74) is 0.183. The molecule has 5 heteroatoms. The van der Waals surface area contributed by atoms with Gasteiger partial charge in [-0.3, -0.25) is 9.59 Å². The summed E-state index contributed by atoms with van der Waals surface area (Å²) in [6.45, 7) is 4.49. The molecule has 1 fully saturated rings. The van der Waals surface area contributed by atoms with Crippen LogP contribution in [0.25, 0.3) is 0 Å². The molecule has 0 radical (unpaired) electrons. The third kappa shape index (κ3) is 3.24. The zero-order chi connectivity index (χ0) is 16.3. The Hall–Kier alpha value is -2.04. The summed E-state index contributed by atoms with van der Waals surface area (Å²) in [5.74, 6) is -0.0242. The molecule has 120 valence electrons. The topological polar surface area (TPSA) is 66.8 Å². The number of carboxylic acids is 1. The van der Waals surface area contributed by atoms with Gasteiger partial charge < -0.3 is 14.7 Å². The number of carbonyl (C=O) groups is 2. The zero-order valence-electron chi connectivity index (χ0n) is 13.3. The minimum absolute atomic E-state index is 0.00313. The van der Waals surface area contributed by atoms with Crippen LogP contribution in [0.4, 0.5) is 0 Å². The number of carboxylic acid groups (broad SMARTS) is 1. The third-order valence-electron chi connectivity index (χ3n) is 4.49. The van der Waals surface area contributed by atoms with E-state index in [1.165, 1.54) is 0 Å². The first-order valence-electron chi connectivity index (χ1n) is 7.51. The number of rotatable bonds is 5. The molecule has 1 aromatic rings. The lowest BCUT2D eigenvalue weighted by Gasteiger charge is -2.22. The van der Waals surface area contributed by atoms with Crippen LogP contribution in [0.5, 0.6) is 5.75 Å². The van der Waals surface area contributed by atoms with Gasteiger partial charge >= 0.3 is 5.97 Å². The normalized spacial score (nSPS) is 22.4. The molecule has 0 aliphatic carbocycles. The summed E-state index contributed by atoms with van der Waals surface area (Å²) in [7, 11) is 1.62. The largest absolute Gasteiger partial charge is 0.496 e. The number of carbonyl (C=O) groups excluding carboxylic acids is 1. The molecule has 1 aromatic carbocycles. The van der Waals surface area contributed by atoms with E-state index < -0.39 is 11.4 Å². The second-order valence-electron chi connectivity index (χ2n) is 6.28. The number of ether oxygens (including phenoxy) is 1. The van der Waals surface area contributed by atoms with Crippen molar-refractivity contribution in [3.8, 4) is 5.75 Å². The maximum atomic E-state index is 12.4. The molecule has 0 unspecified atom stereocenters. The standard InChI is InChI=1S/C17H23NO4/c1-12(13-6-4-5-7-14(13)22-3)10-15(19)18-9-8-17(2,11-18)16(20)21/h4-7,12H,8-11H2,1-3H3,(H,20,21)/t12-,17+/m0/s1. The average Bonchev–Trinajstić information content (AvgIpc) is 2.91. The first-order valence-corrected chi connectivity index (χ1v) is 7.51. The average molecular weight is 305 g/mol. The van der Waals surface area contributed by atoms with Gasteiger partial charge in [0.25, 0.3) is 0 Å². The van der Waals surface area contributed by atoms with E-state index in [-0.39, 0.29) is 11.8 Å². The summed E-state index contributed by atoms with van der Waals surface area (Å²) in [6, 6.07) is 7.67. The maximum Gasteiger partial charge on any atom is 0.311 e. The molecule has 2 atom stereocenters. The Kier molecular flexibility index (Phi) is 4.74. The lowest BCUT2D eigenvalue weighted by atomic mass is 9.90. The van der Waals surface area contributed by atoms with Crippen molar-refractivity contribution < 1.29 is 19.4 Å². The van der Waals surface area contributed by atoms with Crippen molar-refractivity contribution in [1.82, 2.24) is 4.90 Å². The van der Waals surface area contributed by atoms with Gasteiger partial charge in [-0.15, -0.1) is 0 Å². The molecule has 5 nitrogen and oxygen atoms in total. The number of hydrogen-bond donors (Lipinski definition) is 1. The van der Waals surface area contributed by atoms with E-state index >= 15 is 0 Å². The molecule has 1 heterocycles. The van der Waals surface area contributed by atoms with E-state index in [0.717, 1.165) is 11.3 Å². The Morgan fingerprint density at radius 2 is 2.09 bits per heavy atom. The van der Waals surface area contributed by atoms with Crippen LogP contribution in [0.3, 0.4) is 0 Å². The molecular weight excluding hydrogens is 282 g/mol. The molecule has 1 saturated heterocycles. The van der Waals surface area contributed by atoms with Crippen LogP contribution in [-0.4, -0.2) is 42.1 Å². The van der Waals surface area contributed by atoms with E-state index in [4.69, 9.17) is 4.74 Å². The maximum absolute atomic E-state index is 12.4. The highest BCUT2D eigenvalue weighted by Gasteiger charge is 2.42. The van der Waals surface area contributed by atoms with Gasteiger partial charge in [-0.25, -0.2) is 0 Å². The fourth-order valence-corrected chi connectivity index (χ4v) is 2.92. The Bertz CT molecular complexity index is 572. The van der Waals surface area contributed by atoms with Crippen molar-refractivity contribution in [3.63, 3.8) is 0 Å². The fourth-order valence-electron chi connectivity index (χ4n) is 2.92. The molecule has 0 spiro atoms. The zero-order valence-corrected chi connectivity index (χ0v) is 13.3. The van der Waals surface area contributed by atoms with Gasteiger partial charge in [0, 0.05) is 19.5 Å². The Labute approximate surface area is 130 Å². The van der Waals surface area contributed by atoms with E-state index in [2.05, 4.69) is 0 Å². The summed E-state index contributed by atoms with van der Waals surface area (Å²) in [4.78, 5) is 25.4. The van der Waals surface area contributed by atoms with E-state index in [1.54, 1.807) is 18.9 Å². The van der Waals surface area contributed by atoms with Crippen molar-refractivity contribution in [2.75, 3.05) is 20.2 Å². The lowest BCUT2D eigenvalue weighted by Crippen LogP contribution is -2.35. The van der Waals surface area contributed by atoms with Gasteiger partial charge in [0.15, 0.2) is 0 Å². The van der Waals surface area contributed by atoms with Crippen LogP contribution in [0, 0.1) is 5.41 Å². The SMILES string of the molecule is COc1ccccc1[C@@H](C)CC(=O)N1CC[C@@](C)(C(=O)O)C1. The van der Waals surface area contributed by atoms with Crippen molar-refractivity contribution >= 4 is 11.9 Å². The summed E-state index contributed by atoms with van der Waals surface area (Å²) >= 11 is 0. The van der Waals surface area contributed by atoms with Crippen LogP contribution < -0.4 is 4.74 Å². The van der Waals surface area contributed by atoms with Crippen LogP contribution in [0.15, 0.2) is 24.3 Å². The summed E-state index contributed by atoms with van der Waals surface area (Å²) in [5, 5.41) is 9.25. The predicted octanol–water partition coefficient (Wildman–Crippen LogP) is 2.51.